The third-order valence-electron chi connectivity index (χ3n) is 2.14. The molecule has 12 heavy (non-hydrogen) atoms. The van der Waals surface area contributed by atoms with Crippen molar-refractivity contribution in [3.8, 4) is 0 Å². The smallest absolute Gasteiger partial charge is 0.0252 e. The van der Waals surface area contributed by atoms with Crippen molar-refractivity contribution in [2.24, 2.45) is 0 Å². The summed E-state index contributed by atoms with van der Waals surface area (Å²) >= 11 is 0. The minimum atomic E-state index is 0.272. The Morgan fingerprint density at radius 1 is 1.58 bits per heavy atom. The van der Waals surface area contributed by atoms with Gasteiger partial charge in [0, 0.05) is 31.7 Å². The maximum absolute atomic E-state index is 3.93. The van der Waals surface area contributed by atoms with Crippen LogP contribution < -0.4 is 5.32 Å². The van der Waals surface area contributed by atoms with Gasteiger partial charge in [0.2, 0.25) is 0 Å². The molecule has 0 bridgehead atoms. The van der Waals surface area contributed by atoms with E-state index < -0.39 is 0 Å². The average Bonchev–Trinajstić information content (AvgIpc) is 1.82. The van der Waals surface area contributed by atoms with Crippen LogP contribution in [0.15, 0.2) is 12.2 Å². The fraction of sp³-hybridized carbons (Fsp3) is 0.800. The molecule has 2 heteroatoms. The van der Waals surface area contributed by atoms with E-state index in [0.717, 1.165) is 26.2 Å². The maximum atomic E-state index is 3.93. The Hall–Kier alpha value is -0.340. The zero-order valence-electron chi connectivity index (χ0n) is 8.48. The van der Waals surface area contributed by atoms with E-state index >= 15 is 0 Å². The first-order valence-corrected chi connectivity index (χ1v) is 4.61. The van der Waals surface area contributed by atoms with Gasteiger partial charge in [-0.15, -0.1) is 0 Å². The van der Waals surface area contributed by atoms with Crippen LogP contribution in [0, 0.1) is 0 Å². The number of hydrogen-bond acceptors (Lipinski definition) is 2. The van der Waals surface area contributed by atoms with Gasteiger partial charge in [-0.1, -0.05) is 12.2 Å². The maximum Gasteiger partial charge on any atom is 0.0252 e. The molecule has 0 aromatic rings. The Labute approximate surface area is 75.6 Å². The second kappa shape index (κ2) is 3.58. The van der Waals surface area contributed by atoms with Gasteiger partial charge in [0.1, 0.15) is 0 Å². The molecule has 0 radical (unpaired) electrons. The van der Waals surface area contributed by atoms with E-state index in [2.05, 4.69) is 37.6 Å². The Balaban J connectivity index is 2.41. The van der Waals surface area contributed by atoms with Crippen molar-refractivity contribution in [3.63, 3.8) is 0 Å². The first-order valence-electron chi connectivity index (χ1n) is 4.61. The van der Waals surface area contributed by atoms with Gasteiger partial charge >= 0.3 is 0 Å². The van der Waals surface area contributed by atoms with E-state index in [1.807, 2.05) is 0 Å². The molecule has 0 aliphatic carbocycles. The molecule has 0 unspecified atom stereocenters. The van der Waals surface area contributed by atoms with Crippen molar-refractivity contribution in [1.29, 1.82) is 0 Å². The summed E-state index contributed by atoms with van der Waals surface area (Å²) in [5.74, 6) is 0. The highest BCUT2D eigenvalue weighted by Crippen LogP contribution is 2.10. The minimum Gasteiger partial charge on any atom is -0.309 e. The second-order valence-electron chi connectivity index (χ2n) is 4.48. The van der Waals surface area contributed by atoms with E-state index in [1.165, 1.54) is 5.57 Å². The zero-order valence-corrected chi connectivity index (χ0v) is 8.48. The van der Waals surface area contributed by atoms with Gasteiger partial charge in [-0.05, 0) is 20.8 Å². The highest BCUT2D eigenvalue weighted by atomic mass is 15.2. The van der Waals surface area contributed by atoms with Crippen LogP contribution in [0.1, 0.15) is 20.8 Å². The van der Waals surface area contributed by atoms with E-state index in [1.54, 1.807) is 0 Å². The monoisotopic (exact) mass is 168 g/mol. The molecule has 1 heterocycles. The normalized spacial score (nSPS) is 23.9. The third-order valence-corrected chi connectivity index (χ3v) is 2.14. The van der Waals surface area contributed by atoms with Crippen molar-refractivity contribution in [2.75, 3.05) is 26.2 Å². The lowest BCUT2D eigenvalue weighted by Gasteiger charge is -2.39. The molecule has 70 valence electrons. The van der Waals surface area contributed by atoms with Crippen LogP contribution in [0.4, 0.5) is 0 Å². The molecular weight excluding hydrogens is 148 g/mol. The molecule has 0 spiro atoms. The van der Waals surface area contributed by atoms with Crippen molar-refractivity contribution in [2.45, 2.75) is 26.3 Å². The van der Waals surface area contributed by atoms with E-state index in [9.17, 15) is 0 Å². The van der Waals surface area contributed by atoms with Gasteiger partial charge < -0.3 is 5.32 Å². The van der Waals surface area contributed by atoms with Gasteiger partial charge in [0.15, 0.2) is 0 Å². The number of rotatable bonds is 2. The van der Waals surface area contributed by atoms with Crippen molar-refractivity contribution >= 4 is 0 Å². The summed E-state index contributed by atoms with van der Waals surface area (Å²) in [4.78, 5) is 2.46. The number of nitrogens with one attached hydrogen (secondary N) is 1. The fourth-order valence-corrected chi connectivity index (χ4v) is 1.76. The highest BCUT2D eigenvalue weighted by Gasteiger charge is 2.24. The van der Waals surface area contributed by atoms with Crippen LogP contribution in [0.2, 0.25) is 0 Å². The van der Waals surface area contributed by atoms with Crippen LogP contribution in [0.3, 0.4) is 0 Å². The number of piperazine rings is 1. The highest BCUT2D eigenvalue weighted by molar-refractivity contribution is 4.96. The summed E-state index contributed by atoms with van der Waals surface area (Å²) in [5, 5.41) is 3.49. The Bertz CT molecular complexity index is 173. The molecule has 0 aromatic carbocycles. The quantitative estimate of drug-likeness (QED) is 0.624. The molecular formula is C10H20N2. The molecule has 1 aliphatic rings. The molecule has 0 saturated carbocycles. The van der Waals surface area contributed by atoms with E-state index in [-0.39, 0.29) is 5.54 Å². The average molecular weight is 168 g/mol. The predicted molar refractivity (Wildman–Crippen MR) is 53.3 cm³/mol. The van der Waals surface area contributed by atoms with Crippen molar-refractivity contribution < 1.29 is 0 Å². The summed E-state index contributed by atoms with van der Waals surface area (Å²) in [5.41, 5.74) is 1.53. The molecule has 0 atom stereocenters. The lowest BCUT2D eigenvalue weighted by Crippen LogP contribution is -2.57. The standard InChI is InChI=1S/C10H20N2/c1-9(2)7-12-6-5-11-10(3,4)8-12/h11H,1,5-8H2,2-4H3. The number of hydrogen-bond donors (Lipinski definition) is 1. The molecule has 1 fully saturated rings. The fourth-order valence-electron chi connectivity index (χ4n) is 1.76. The minimum absolute atomic E-state index is 0.272. The third kappa shape index (κ3) is 2.95. The SMILES string of the molecule is C=C(C)CN1CCNC(C)(C)C1. The molecule has 2 nitrogen and oxygen atoms in total. The Kier molecular flexibility index (Phi) is 2.91. The van der Waals surface area contributed by atoms with Gasteiger partial charge in [-0.2, -0.15) is 0 Å². The van der Waals surface area contributed by atoms with Crippen LogP contribution in [-0.4, -0.2) is 36.6 Å². The van der Waals surface area contributed by atoms with Gasteiger partial charge in [0.05, 0.1) is 0 Å². The van der Waals surface area contributed by atoms with Crippen LogP contribution in [0.5, 0.6) is 0 Å². The second-order valence-corrected chi connectivity index (χ2v) is 4.48. The molecule has 1 N–H and O–H groups in total. The zero-order chi connectivity index (χ0) is 9.19. The Morgan fingerprint density at radius 2 is 2.25 bits per heavy atom. The molecule has 1 rings (SSSR count). The van der Waals surface area contributed by atoms with Gasteiger partial charge in [0.25, 0.3) is 0 Å². The first-order chi connectivity index (χ1) is 5.49. The Morgan fingerprint density at radius 3 is 2.75 bits per heavy atom. The largest absolute Gasteiger partial charge is 0.309 e. The van der Waals surface area contributed by atoms with Crippen LogP contribution >= 0.6 is 0 Å². The van der Waals surface area contributed by atoms with E-state index in [4.69, 9.17) is 0 Å². The summed E-state index contributed by atoms with van der Waals surface area (Å²) in [6, 6.07) is 0. The molecule has 1 saturated heterocycles. The summed E-state index contributed by atoms with van der Waals surface area (Å²) < 4.78 is 0. The predicted octanol–water partition coefficient (Wildman–Crippen LogP) is 1.25. The van der Waals surface area contributed by atoms with Crippen LogP contribution in [0.25, 0.3) is 0 Å². The first kappa shape index (κ1) is 9.75. The van der Waals surface area contributed by atoms with Crippen LogP contribution in [-0.2, 0) is 0 Å². The summed E-state index contributed by atoms with van der Waals surface area (Å²) in [6.45, 7) is 14.9. The van der Waals surface area contributed by atoms with E-state index in [0.29, 0.717) is 0 Å². The lowest BCUT2D eigenvalue weighted by atomic mass is 10.0. The number of nitrogens with zero attached hydrogens (tertiary/aromatic N) is 1. The molecule has 0 amide bonds. The van der Waals surface area contributed by atoms with Gasteiger partial charge in [-0.3, -0.25) is 4.90 Å². The molecule has 0 aromatic heterocycles. The van der Waals surface area contributed by atoms with Gasteiger partial charge in [-0.25, -0.2) is 0 Å². The van der Waals surface area contributed by atoms with Crippen molar-refractivity contribution in [1.82, 2.24) is 10.2 Å². The molecule has 1 aliphatic heterocycles. The lowest BCUT2D eigenvalue weighted by molar-refractivity contribution is 0.166. The summed E-state index contributed by atoms with van der Waals surface area (Å²) in [7, 11) is 0. The summed E-state index contributed by atoms with van der Waals surface area (Å²) in [6.07, 6.45) is 0. The topological polar surface area (TPSA) is 15.3 Å². The van der Waals surface area contributed by atoms with Crippen molar-refractivity contribution in [3.05, 3.63) is 12.2 Å².